The number of nitrogens with one attached hydrogen (secondary N) is 1. The number of nitrogens with zero attached hydrogens (tertiary/aromatic N) is 3. The molecular weight excluding hydrogens is 561 g/mol. The van der Waals surface area contributed by atoms with Gasteiger partial charge in [-0.15, -0.1) is 13.2 Å². The summed E-state index contributed by atoms with van der Waals surface area (Å²) in [7, 11) is 0. The Morgan fingerprint density at radius 3 is 2.30 bits per heavy atom. The van der Waals surface area contributed by atoms with Gasteiger partial charge in [0.1, 0.15) is 23.3 Å². The molecule has 0 bridgehead atoms. The molecule has 0 aliphatic carbocycles. The third-order valence-electron chi connectivity index (χ3n) is 7.76. The number of hydrogen-bond donors (Lipinski definition) is 1. The van der Waals surface area contributed by atoms with Gasteiger partial charge in [0.15, 0.2) is 0 Å². The third kappa shape index (κ3) is 8.70. The number of ether oxygens (including phenoxy) is 2. The molecule has 2 aromatic carbocycles. The molecule has 1 aromatic heterocycles. The molecule has 2 aliphatic rings. The standard InChI is InChI=1S/C32H35F3N4O4/c1-22-5-8-26(9-6-22)42-27-13-17-39(18-14-27)31(41)24-7-10-29(36-20-24)30(40)37-25-11-15-38(16-12-25)21-23-3-2-4-28(19-23)43-32(33,34)35/h2-10,19-20,25,27H,11-18,21H2,1H3,(H,37,40). The lowest BCUT2D eigenvalue weighted by Crippen LogP contribution is -2.44. The number of aryl methyl sites for hydroxylation is 1. The van der Waals surface area contributed by atoms with Gasteiger partial charge in [0, 0.05) is 57.8 Å². The van der Waals surface area contributed by atoms with Crippen LogP contribution < -0.4 is 14.8 Å². The number of benzene rings is 2. The summed E-state index contributed by atoms with van der Waals surface area (Å²) < 4.78 is 47.6. The van der Waals surface area contributed by atoms with Crippen molar-refractivity contribution in [2.75, 3.05) is 26.2 Å². The first-order valence-corrected chi connectivity index (χ1v) is 14.5. The summed E-state index contributed by atoms with van der Waals surface area (Å²) in [5.41, 5.74) is 2.58. The summed E-state index contributed by atoms with van der Waals surface area (Å²) in [6, 6.07) is 17.1. The maximum atomic E-state index is 13.0. The van der Waals surface area contributed by atoms with E-state index in [1.165, 1.54) is 23.9 Å². The van der Waals surface area contributed by atoms with Crippen LogP contribution in [0.25, 0.3) is 0 Å². The number of pyridine rings is 1. The lowest BCUT2D eigenvalue weighted by atomic mass is 10.0. The summed E-state index contributed by atoms with van der Waals surface area (Å²) in [5, 5.41) is 3.01. The molecule has 3 heterocycles. The summed E-state index contributed by atoms with van der Waals surface area (Å²) in [6.45, 7) is 5.06. The van der Waals surface area contributed by atoms with Crippen LogP contribution in [-0.2, 0) is 6.54 Å². The van der Waals surface area contributed by atoms with Crippen LogP contribution in [0.4, 0.5) is 13.2 Å². The number of likely N-dealkylation sites (tertiary alicyclic amines) is 2. The van der Waals surface area contributed by atoms with Crippen molar-refractivity contribution >= 4 is 11.8 Å². The van der Waals surface area contributed by atoms with Crippen LogP contribution in [0.1, 0.15) is 57.7 Å². The largest absolute Gasteiger partial charge is 0.573 e. The highest BCUT2D eigenvalue weighted by Crippen LogP contribution is 2.25. The Balaban J connectivity index is 1.05. The van der Waals surface area contributed by atoms with Crippen LogP contribution >= 0.6 is 0 Å². The minimum Gasteiger partial charge on any atom is -0.490 e. The fourth-order valence-electron chi connectivity index (χ4n) is 5.42. The van der Waals surface area contributed by atoms with Crippen LogP contribution in [0, 0.1) is 6.92 Å². The van der Waals surface area contributed by atoms with Gasteiger partial charge in [-0.3, -0.25) is 19.5 Å². The number of aromatic nitrogens is 1. The van der Waals surface area contributed by atoms with Crippen molar-refractivity contribution in [1.29, 1.82) is 0 Å². The highest BCUT2D eigenvalue weighted by atomic mass is 19.4. The van der Waals surface area contributed by atoms with Gasteiger partial charge in [-0.2, -0.15) is 0 Å². The summed E-state index contributed by atoms with van der Waals surface area (Å²) in [4.78, 5) is 34.0. The number of alkyl halides is 3. The molecule has 2 amide bonds. The Labute approximate surface area is 248 Å². The van der Waals surface area contributed by atoms with E-state index in [2.05, 4.69) is 19.9 Å². The average Bonchev–Trinajstić information content (AvgIpc) is 2.99. The molecule has 8 nitrogen and oxygen atoms in total. The van der Waals surface area contributed by atoms with Crippen molar-refractivity contribution in [3.8, 4) is 11.5 Å². The Morgan fingerprint density at radius 2 is 1.65 bits per heavy atom. The van der Waals surface area contributed by atoms with Gasteiger partial charge in [-0.1, -0.05) is 29.8 Å². The van der Waals surface area contributed by atoms with E-state index >= 15 is 0 Å². The number of carbonyl (C=O) groups is 2. The Hall–Kier alpha value is -4.12. The number of rotatable bonds is 8. The van der Waals surface area contributed by atoms with Crippen LogP contribution in [0.5, 0.6) is 11.5 Å². The van der Waals surface area contributed by atoms with Crippen LogP contribution in [-0.4, -0.2) is 71.3 Å². The smallest absolute Gasteiger partial charge is 0.490 e. The van der Waals surface area contributed by atoms with Gasteiger partial charge < -0.3 is 19.7 Å². The molecule has 0 unspecified atom stereocenters. The first-order chi connectivity index (χ1) is 20.6. The van der Waals surface area contributed by atoms with Crippen LogP contribution in [0.3, 0.4) is 0 Å². The van der Waals surface area contributed by atoms with Crippen molar-refractivity contribution < 1.29 is 32.2 Å². The molecule has 1 N–H and O–H groups in total. The van der Waals surface area contributed by atoms with E-state index in [0.717, 1.165) is 24.2 Å². The molecule has 0 saturated carbocycles. The quantitative estimate of drug-likeness (QED) is 0.377. The lowest BCUT2D eigenvalue weighted by Gasteiger charge is -2.32. The Bertz CT molecular complexity index is 1380. The SMILES string of the molecule is Cc1ccc(OC2CCN(C(=O)c3ccc(C(=O)NC4CCN(Cc5cccc(OC(F)(F)F)c5)CC4)nc3)CC2)cc1. The van der Waals surface area contributed by atoms with Crippen LogP contribution in [0.15, 0.2) is 66.9 Å². The molecule has 0 spiro atoms. The number of halogens is 3. The minimum atomic E-state index is -4.73. The normalized spacial score (nSPS) is 17.0. The van der Waals surface area contributed by atoms with Crippen molar-refractivity contribution in [2.45, 2.75) is 57.7 Å². The van der Waals surface area contributed by atoms with Crippen molar-refractivity contribution in [2.24, 2.45) is 0 Å². The van der Waals surface area contributed by atoms with Gasteiger partial charge in [0.25, 0.3) is 11.8 Å². The molecule has 11 heteroatoms. The van der Waals surface area contributed by atoms with Gasteiger partial charge in [-0.05, 0) is 61.7 Å². The molecule has 43 heavy (non-hydrogen) atoms. The third-order valence-corrected chi connectivity index (χ3v) is 7.76. The van der Waals surface area contributed by atoms with Gasteiger partial charge in [0.2, 0.25) is 0 Å². The number of amides is 2. The predicted octanol–water partition coefficient (Wildman–Crippen LogP) is 5.37. The van der Waals surface area contributed by atoms with E-state index < -0.39 is 6.36 Å². The van der Waals surface area contributed by atoms with Gasteiger partial charge in [-0.25, -0.2) is 0 Å². The molecule has 2 saturated heterocycles. The number of carbonyl (C=O) groups excluding carboxylic acids is 2. The van der Waals surface area contributed by atoms with E-state index in [1.54, 1.807) is 29.2 Å². The number of hydrogen-bond acceptors (Lipinski definition) is 6. The topological polar surface area (TPSA) is 84.0 Å². The zero-order chi connectivity index (χ0) is 30.4. The van der Waals surface area contributed by atoms with Gasteiger partial charge in [0.05, 0.1) is 5.56 Å². The monoisotopic (exact) mass is 596 g/mol. The molecule has 2 aliphatic heterocycles. The van der Waals surface area contributed by atoms with Crippen molar-refractivity contribution in [3.63, 3.8) is 0 Å². The zero-order valence-electron chi connectivity index (χ0n) is 24.0. The summed E-state index contributed by atoms with van der Waals surface area (Å²) in [5.74, 6) is 0.184. The van der Waals surface area contributed by atoms with Gasteiger partial charge >= 0.3 is 6.36 Å². The second-order valence-electron chi connectivity index (χ2n) is 11.1. The molecule has 228 valence electrons. The highest BCUT2D eigenvalue weighted by molar-refractivity contribution is 5.96. The summed E-state index contributed by atoms with van der Waals surface area (Å²) >= 11 is 0. The second kappa shape index (κ2) is 13.5. The van der Waals surface area contributed by atoms with E-state index in [4.69, 9.17) is 4.74 Å². The molecule has 0 atom stereocenters. The predicted molar refractivity (Wildman–Crippen MR) is 154 cm³/mol. The zero-order valence-corrected chi connectivity index (χ0v) is 24.0. The fourth-order valence-corrected chi connectivity index (χ4v) is 5.42. The van der Waals surface area contributed by atoms with E-state index in [0.29, 0.717) is 51.1 Å². The summed E-state index contributed by atoms with van der Waals surface area (Å²) in [6.07, 6.45) is -0.334. The molecule has 5 rings (SSSR count). The second-order valence-corrected chi connectivity index (χ2v) is 11.1. The fraction of sp³-hybridized carbons (Fsp3) is 0.406. The molecular formula is C32H35F3N4O4. The van der Waals surface area contributed by atoms with E-state index in [9.17, 15) is 22.8 Å². The Kier molecular flexibility index (Phi) is 9.49. The minimum absolute atomic E-state index is 0.0461. The maximum Gasteiger partial charge on any atom is 0.573 e. The lowest BCUT2D eigenvalue weighted by molar-refractivity contribution is -0.274. The maximum absolute atomic E-state index is 13.0. The first kappa shape index (κ1) is 30.3. The average molecular weight is 597 g/mol. The molecule has 2 fully saturated rings. The Morgan fingerprint density at radius 1 is 0.930 bits per heavy atom. The van der Waals surface area contributed by atoms with Crippen molar-refractivity contribution in [3.05, 3.63) is 89.2 Å². The molecule has 3 aromatic rings. The number of piperidine rings is 2. The van der Waals surface area contributed by atoms with Crippen LogP contribution in [0.2, 0.25) is 0 Å². The van der Waals surface area contributed by atoms with E-state index in [-0.39, 0.29) is 35.4 Å². The van der Waals surface area contributed by atoms with Crippen molar-refractivity contribution in [1.82, 2.24) is 20.1 Å². The highest BCUT2D eigenvalue weighted by Gasteiger charge is 2.31. The first-order valence-electron chi connectivity index (χ1n) is 14.5. The molecule has 0 radical (unpaired) electrons. The van der Waals surface area contributed by atoms with E-state index in [1.807, 2.05) is 31.2 Å².